The van der Waals surface area contributed by atoms with Gasteiger partial charge in [-0.2, -0.15) is 0 Å². The van der Waals surface area contributed by atoms with E-state index in [1.807, 2.05) is 61.5 Å². The van der Waals surface area contributed by atoms with Crippen LogP contribution >= 0.6 is 15.9 Å². The summed E-state index contributed by atoms with van der Waals surface area (Å²) in [6, 6.07) is 22.1. The Hall–Kier alpha value is -3.05. The van der Waals surface area contributed by atoms with Crippen molar-refractivity contribution in [3.05, 3.63) is 99.2 Å². The Kier molecular flexibility index (Phi) is 6.66. The third-order valence-corrected chi connectivity index (χ3v) is 6.51. The van der Waals surface area contributed by atoms with Crippen LogP contribution in [0.15, 0.2) is 71.2 Å². The molecule has 1 unspecified atom stereocenters. The van der Waals surface area contributed by atoms with Gasteiger partial charge in [-0.15, -0.1) is 0 Å². The van der Waals surface area contributed by atoms with Crippen LogP contribution in [-0.4, -0.2) is 23.2 Å². The molecule has 164 valence electrons. The molecule has 0 radical (unpaired) electrons. The van der Waals surface area contributed by atoms with Crippen molar-refractivity contribution in [3.8, 4) is 5.75 Å². The third-order valence-electron chi connectivity index (χ3n) is 5.99. The minimum Gasteiger partial charge on any atom is -0.496 e. The molecule has 1 heterocycles. The first-order valence-corrected chi connectivity index (χ1v) is 11.4. The first kappa shape index (κ1) is 22.2. The van der Waals surface area contributed by atoms with Crippen molar-refractivity contribution in [1.82, 2.24) is 4.98 Å². The Morgan fingerprint density at radius 2 is 1.69 bits per heavy atom. The summed E-state index contributed by atoms with van der Waals surface area (Å²) in [5, 5.41) is 11.1. The molecule has 1 atom stereocenters. The molecule has 32 heavy (non-hydrogen) atoms. The van der Waals surface area contributed by atoms with Crippen molar-refractivity contribution in [2.75, 3.05) is 7.11 Å². The van der Waals surface area contributed by atoms with E-state index in [0.717, 1.165) is 43.5 Å². The molecular formula is C27H26BrNO3. The first-order valence-electron chi connectivity index (χ1n) is 10.6. The van der Waals surface area contributed by atoms with Crippen LogP contribution in [0.4, 0.5) is 0 Å². The van der Waals surface area contributed by atoms with Crippen molar-refractivity contribution in [2.24, 2.45) is 5.92 Å². The molecule has 0 spiro atoms. The first-order chi connectivity index (χ1) is 15.5. The van der Waals surface area contributed by atoms with Gasteiger partial charge in [0.15, 0.2) is 0 Å². The van der Waals surface area contributed by atoms with E-state index < -0.39 is 11.9 Å². The molecule has 4 nitrogen and oxygen atoms in total. The number of rotatable bonds is 8. The number of fused-ring (bicyclic) bond motifs is 1. The van der Waals surface area contributed by atoms with Gasteiger partial charge in [-0.05, 0) is 60.7 Å². The van der Waals surface area contributed by atoms with E-state index >= 15 is 0 Å². The summed E-state index contributed by atoms with van der Waals surface area (Å²) >= 11 is 3.50. The number of halogens is 1. The van der Waals surface area contributed by atoms with Gasteiger partial charge in [0.05, 0.1) is 13.0 Å². The third kappa shape index (κ3) is 4.73. The SMILES string of the molecule is COc1ccc2[nH]c(C)c(CC(Cc3ccccc3)C(=O)O)c2c1Cc1ccc(Br)cc1. The van der Waals surface area contributed by atoms with Crippen molar-refractivity contribution in [3.63, 3.8) is 0 Å². The Morgan fingerprint density at radius 1 is 0.969 bits per heavy atom. The van der Waals surface area contributed by atoms with Gasteiger partial charge in [0.1, 0.15) is 5.75 Å². The number of aromatic amines is 1. The fourth-order valence-corrected chi connectivity index (χ4v) is 4.63. The molecule has 2 N–H and O–H groups in total. The number of hydrogen-bond acceptors (Lipinski definition) is 2. The van der Waals surface area contributed by atoms with Crippen molar-refractivity contribution >= 4 is 32.8 Å². The van der Waals surface area contributed by atoms with Crippen LogP contribution in [0.3, 0.4) is 0 Å². The van der Waals surface area contributed by atoms with Gasteiger partial charge < -0.3 is 14.8 Å². The molecule has 1 aromatic heterocycles. The molecule has 4 aromatic rings. The van der Waals surface area contributed by atoms with Crippen LogP contribution in [0, 0.1) is 12.8 Å². The largest absolute Gasteiger partial charge is 0.496 e. The number of aryl methyl sites for hydroxylation is 1. The monoisotopic (exact) mass is 491 g/mol. The number of carbonyl (C=O) groups is 1. The summed E-state index contributed by atoms with van der Waals surface area (Å²) in [4.78, 5) is 15.6. The maximum absolute atomic E-state index is 12.2. The van der Waals surface area contributed by atoms with Crippen LogP contribution in [-0.2, 0) is 24.1 Å². The van der Waals surface area contributed by atoms with Gasteiger partial charge >= 0.3 is 5.97 Å². The Morgan fingerprint density at radius 3 is 2.34 bits per heavy atom. The number of nitrogens with one attached hydrogen (secondary N) is 1. The van der Waals surface area contributed by atoms with E-state index in [4.69, 9.17) is 4.74 Å². The van der Waals surface area contributed by atoms with E-state index in [-0.39, 0.29) is 0 Å². The van der Waals surface area contributed by atoms with Crippen LogP contribution in [0.25, 0.3) is 10.9 Å². The summed E-state index contributed by atoms with van der Waals surface area (Å²) in [6.45, 7) is 2.02. The van der Waals surface area contributed by atoms with Crippen LogP contribution < -0.4 is 4.74 Å². The molecule has 3 aromatic carbocycles. The second kappa shape index (κ2) is 9.61. The number of methoxy groups -OCH3 is 1. The number of aromatic nitrogens is 1. The van der Waals surface area contributed by atoms with Gasteiger partial charge in [-0.3, -0.25) is 4.79 Å². The predicted octanol–water partition coefficient (Wildman–Crippen LogP) is 6.32. The number of H-pyrrole nitrogens is 1. The summed E-state index contributed by atoms with van der Waals surface area (Å²) in [6.07, 6.45) is 1.65. The molecule has 0 saturated heterocycles. The smallest absolute Gasteiger partial charge is 0.307 e. The molecule has 0 bridgehead atoms. The maximum Gasteiger partial charge on any atom is 0.307 e. The van der Waals surface area contributed by atoms with Crippen LogP contribution in [0.1, 0.15) is 27.9 Å². The van der Waals surface area contributed by atoms with Crippen LogP contribution in [0.2, 0.25) is 0 Å². The lowest BCUT2D eigenvalue weighted by atomic mass is 9.89. The molecule has 0 aliphatic heterocycles. The van der Waals surface area contributed by atoms with E-state index in [1.54, 1.807) is 7.11 Å². The summed E-state index contributed by atoms with van der Waals surface area (Å²) in [5.41, 5.74) is 6.34. The molecule has 0 aliphatic rings. The lowest BCUT2D eigenvalue weighted by molar-refractivity contribution is -0.141. The van der Waals surface area contributed by atoms with Gasteiger partial charge in [0, 0.05) is 33.1 Å². The number of aliphatic carboxylic acids is 1. The molecule has 5 heteroatoms. The lowest BCUT2D eigenvalue weighted by Gasteiger charge is -2.16. The molecular weight excluding hydrogens is 466 g/mol. The standard InChI is InChI=1S/C27H26BrNO3/c1-17-22(16-20(27(30)31)14-18-6-4-3-5-7-18)26-23(15-19-8-10-21(28)11-9-19)25(32-2)13-12-24(26)29-17/h3-13,20,29H,14-16H2,1-2H3,(H,30,31). The number of carboxylic acid groups (broad SMARTS) is 1. The predicted molar refractivity (Wildman–Crippen MR) is 132 cm³/mol. The Bertz CT molecular complexity index is 1230. The fourth-order valence-electron chi connectivity index (χ4n) is 4.36. The molecule has 0 amide bonds. The van der Waals surface area contributed by atoms with Gasteiger partial charge in [-0.25, -0.2) is 0 Å². The molecule has 4 rings (SSSR count). The average molecular weight is 492 g/mol. The second-order valence-electron chi connectivity index (χ2n) is 8.13. The lowest BCUT2D eigenvalue weighted by Crippen LogP contribution is -2.19. The average Bonchev–Trinajstić information content (AvgIpc) is 3.11. The van der Waals surface area contributed by atoms with Crippen molar-refractivity contribution in [1.29, 1.82) is 0 Å². The van der Waals surface area contributed by atoms with E-state index in [2.05, 4.69) is 33.0 Å². The zero-order valence-electron chi connectivity index (χ0n) is 18.2. The maximum atomic E-state index is 12.2. The zero-order chi connectivity index (χ0) is 22.7. The number of benzene rings is 3. The Balaban J connectivity index is 1.77. The van der Waals surface area contributed by atoms with Crippen molar-refractivity contribution < 1.29 is 14.6 Å². The van der Waals surface area contributed by atoms with Crippen LogP contribution in [0.5, 0.6) is 5.75 Å². The summed E-state index contributed by atoms with van der Waals surface area (Å²) in [7, 11) is 1.68. The highest BCUT2D eigenvalue weighted by Gasteiger charge is 2.24. The van der Waals surface area contributed by atoms with Gasteiger partial charge in [0.25, 0.3) is 0 Å². The van der Waals surface area contributed by atoms with E-state index in [0.29, 0.717) is 19.3 Å². The molecule has 0 saturated carbocycles. The topological polar surface area (TPSA) is 62.3 Å². The molecule has 0 aliphatic carbocycles. The minimum absolute atomic E-state index is 0.455. The minimum atomic E-state index is -0.778. The van der Waals surface area contributed by atoms with Gasteiger partial charge in [0.2, 0.25) is 0 Å². The van der Waals surface area contributed by atoms with Crippen molar-refractivity contribution in [2.45, 2.75) is 26.2 Å². The normalized spacial score (nSPS) is 12.1. The zero-order valence-corrected chi connectivity index (χ0v) is 19.8. The van der Waals surface area contributed by atoms with E-state index in [1.165, 1.54) is 5.56 Å². The number of ether oxygens (including phenoxy) is 1. The Labute approximate surface area is 196 Å². The number of carboxylic acids is 1. The highest BCUT2D eigenvalue weighted by atomic mass is 79.9. The molecule has 0 fully saturated rings. The van der Waals surface area contributed by atoms with E-state index in [9.17, 15) is 9.90 Å². The summed E-state index contributed by atoms with van der Waals surface area (Å²) < 4.78 is 6.76. The second-order valence-corrected chi connectivity index (χ2v) is 9.05. The number of hydrogen-bond donors (Lipinski definition) is 2. The quantitative estimate of drug-likeness (QED) is 0.303. The highest BCUT2D eigenvalue weighted by molar-refractivity contribution is 9.10. The fraction of sp³-hybridized carbons (Fsp3) is 0.222. The summed E-state index contributed by atoms with van der Waals surface area (Å²) in [5.74, 6) is -0.475. The van der Waals surface area contributed by atoms with Gasteiger partial charge in [-0.1, -0.05) is 58.4 Å². The highest BCUT2D eigenvalue weighted by Crippen LogP contribution is 2.35.